The Morgan fingerprint density at radius 3 is 2.50 bits per heavy atom. The average Bonchev–Trinajstić information content (AvgIpc) is 2.96. The second-order valence-corrected chi connectivity index (χ2v) is 7.17. The fourth-order valence-corrected chi connectivity index (χ4v) is 3.86. The summed E-state index contributed by atoms with van der Waals surface area (Å²) in [5.41, 5.74) is 6.42. The average molecular weight is 380 g/mol. The molecule has 2 aromatic rings. The number of nitrogens with one attached hydrogen (secondary N) is 1. The summed E-state index contributed by atoms with van der Waals surface area (Å²) in [6.07, 6.45) is 3.11. The van der Waals surface area contributed by atoms with E-state index in [1.807, 2.05) is 11.8 Å². The number of anilines is 1. The van der Waals surface area contributed by atoms with Crippen LogP contribution in [0.4, 0.5) is 5.82 Å². The van der Waals surface area contributed by atoms with Crippen molar-refractivity contribution < 1.29 is 14.4 Å². The molecule has 0 radical (unpaired) electrons. The number of hydrogen-bond acceptors (Lipinski definition) is 5. The van der Waals surface area contributed by atoms with Crippen molar-refractivity contribution in [3.8, 4) is 5.69 Å². The highest BCUT2D eigenvalue weighted by molar-refractivity contribution is 6.23. The largest absolute Gasteiger partial charge is 0.384 e. The first-order valence-corrected chi connectivity index (χ1v) is 9.21. The lowest BCUT2D eigenvalue weighted by molar-refractivity contribution is 0.0635. The van der Waals surface area contributed by atoms with Crippen molar-refractivity contribution >= 4 is 23.5 Å². The number of rotatable bonds is 2. The number of hydrogen-bond donors (Lipinski definition) is 2. The van der Waals surface area contributed by atoms with Gasteiger partial charge in [0.2, 0.25) is 0 Å². The van der Waals surface area contributed by atoms with Gasteiger partial charge in [0.05, 0.1) is 16.8 Å². The number of nitrogens with two attached hydrogens (primary N) is 1. The highest BCUT2D eigenvalue weighted by Gasteiger charge is 2.32. The van der Waals surface area contributed by atoms with Crippen molar-refractivity contribution in [1.29, 1.82) is 0 Å². The molecule has 1 aromatic carbocycles. The van der Waals surface area contributed by atoms with E-state index in [0.717, 1.165) is 36.4 Å². The molecule has 0 bridgehead atoms. The molecule has 0 saturated carbocycles. The highest BCUT2D eigenvalue weighted by atomic mass is 16.2. The Kier molecular flexibility index (Phi) is 4.26. The fourth-order valence-electron chi connectivity index (χ4n) is 3.86. The number of piperidine rings is 1. The number of aromatic nitrogens is 1. The lowest BCUT2D eigenvalue weighted by atomic mass is 10.0. The third-order valence-electron chi connectivity index (χ3n) is 5.39. The van der Waals surface area contributed by atoms with Gasteiger partial charge in [-0.2, -0.15) is 0 Å². The summed E-state index contributed by atoms with van der Waals surface area (Å²) in [4.78, 5) is 50.8. The fraction of sp³-hybridized carbons (Fsp3) is 0.300. The molecular weight excluding hydrogens is 360 g/mol. The minimum absolute atomic E-state index is 0.00751. The zero-order valence-corrected chi connectivity index (χ0v) is 15.4. The van der Waals surface area contributed by atoms with E-state index in [4.69, 9.17) is 5.73 Å². The second-order valence-electron chi connectivity index (χ2n) is 7.17. The third-order valence-corrected chi connectivity index (χ3v) is 5.39. The standard InChI is InChI=1S/C20H20N4O4/c1-11-4-2-3-9-23(11)20(28)12-5-7-13(8-6-12)24-15(25)10-14-16(17(24)21)19(27)22-18(14)26/h5-8,10-11H,2-4,9,21H2,1H3,(H,22,26,27). The van der Waals surface area contributed by atoms with Crippen molar-refractivity contribution in [1.82, 2.24) is 14.8 Å². The molecule has 4 rings (SSSR count). The van der Waals surface area contributed by atoms with Crippen LogP contribution in [-0.2, 0) is 0 Å². The number of carbonyl (C=O) groups excluding carboxylic acids is 3. The Bertz CT molecular complexity index is 1060. The van der Waals surface area contributed by atoms with E-state index < -0.39 is 17.4 Å². The first kappa shape index (κ1) is 18.0. The number of imide groups is 1. The predicted molar refractivity (Wildman–Crippen MR) is 103 cm³/mol. The van der Waals surface area contributed by atoms with Crippen LogP contribution in [0.25, 0.3) is 5.69 Å². The van der Waals surface area contributed by atoms with Crippen LogP contribution in [0, 0.1) is 0 Å². The van der Waals surface area contributed by atoms with Gasteiger partial charge >= 0.3 is 0 Å². The number of nitrogens with zero attached hydrogens (tertiary/aromatic N) is 2. The topological polar surface area (TPSA) is 114 Å². The molecule has 2 aliphatic heterocycles. The van der Waals surface area contributed by atoms with Gasteiger partial charge in [0.1, 0.15) is 5.82 Å². The number of likely N-dealkylation sites (tertiary alicyclic amines) is 1. The van der Waals surface area contributed by atoms with Crippen LogP contribution < -0.4 is 16.6 Å². The van der Waals surface area contributed by atoms with E-state index in [0.29, 0.717) is 11.3 Å². The van der Waals surface area contributed by atoms with Crippen molar-refractivity contribution in [2.75, 3.05) is 12.3 Å². The summed E-state index contributed by atoms with van der Waals surface area (Å²) in [6.45, 7) is 2.78. The van der Waals surface area contributed by atoms with Gasteiger partial charge in [-0.1, -0.05) is 0 Å². The second kappa shape index (κ2) is 6.63. The van der Waals surface area contributed by atoms with E-state index in [9.17, 15) is 19.2 Å². The maximum absolute atomic E-state index is 12.8. The molecule has 0 aliphatic carbocycles. The van der Waals surface area contributed by atoms with E-state index in [1.54, 1.807) is 24.3 Å². The summed E-state index contributed by atoms with van der Waals surface area (Å²) >= 11 is 0. The van der Waals surface area contributed by atoms with Gasteiger partial charge in [0, 0.05) is 24.2 Å². The smallest absolute Gasteiger partial charge is 0.262 e. The molecule has 1 fully saturated rings. The first-order chi connectivity index (χ1) is 13.4. The maximum Gasteiger partial charge on any atom is 0.262 e. The summed E-state index contributed by atoms with van der Waals surface area (Å²) < 4.78 is 1.16. The minimum Gasteiger partial charge on any atom is -0.384 e. The van der Waals surface area contributed by atoms with Gasteiger partial charge in [-0.05, 0) is 50.5 Å². The van der Waals surface area contributed by atoms with Gasteiger partial charge in [-0.3, -0.25) is 29.1 Å². The van der Waals surface area contributed by atoms with Crippen molar-refractivity contribution in [2.45, 2.75) is 32.2 Å². The molecule has 2 aliphatic rings. The van der Waals surface area contributed by atoms with Crippen LogP contribution in [0.2, 0.25) is 0 Å². The quantitative estimate of drug-likeness (QED) is 0.763. The van der Waals surface area contributed by atoms with E-state index in [2.05, 4.69) is 5.32 Å². The molecule has 1 atom stereocenters. The lowest BCUT2D eigenvalue weighted by Crippen LogP contribution is -2.42. The first-order valence-electron chi connectivity index (χ1n) is 9.21. The number of amides is 3. The number of fused-ring (bicyclic) bond motifs is 1. The van der Waals surface area contributed by atoms with Gasteiger partial charge in [0.15, 0.2) is 0 Å². The number of nitrogen functional groups attached to an aromatic ring is 1. The van der Waals surface area contributed by atoms with Gasteiger partial charge in [-0.15, -0.1) is 0 Å². The number of benzene rings is 1. The summed E-state index contributed by atoms with van der Waals surface area (Å²) in [7, 11) is 0. The minimum atomic E-state index is -0.632. The molecule has 3 amide bonds. The van der Waals surface area contributed by atoms with Crippen LogP contribution in [0.15, 0.2) is 35.1 Å². The van der Waals surface area contributed by atoms with E-state index >= 15 is 0 Å². The third kappa shape index (κ3) is 2.77. The Morgan fingerprint density at radius 1 is 1.11 bits per heavy atom. The van der Waals surface area contributed by atoms with Crippen LogP contribution in [0.1, 0.15) is 57.3 Å². The Hall–Kier alpha value is -3.42. The molecule has 1 saturated heterocycles. The molecule has 28 heavy (non-hydrogen) atoms. The molecule has 8 nitrogen and oxygen atoms in total. The normalized spacial score (nSPS) is 18.8. The number of pyridine rings is 1. The molecule has 1 aromatic heterocycles. The molecular formula is C20H20N4O4. The van der Waals surface area contributed by atoms with Gasteiger partial charge < -0.3 is 10.6 Å². The molecule has 1 unspecified atom stereocenters. The molecule has 3 N–H and O–H groups in total. The summed E-state index contributed by atoms with van der Waals surface area (Å²) in [5, 5.41) is 2.13. The monoisotopic (exact) mass is 380 g/mol. The van der Waals surface area contributed by atoms with Crippen LogP contribution in [-0.4, -0.2) is 39.8 Å². The SMILES string of the molecule is CC1CCCCN1C(=O)c1ccc(-n2c(N)c3c(cc2=O)C(=O)NC3=O)cc1. The van der Waals surface area contributed by atoms with Crippen molar-refractivity contribution in [2.24, 2.45) is 0 Å². The van der Waals surface area contributed by atoms with E-state index in [1.165, 1.54) is 0 Å². The lowest BCUT2D eigenvalue weighted by Gasteiger charge is -2.33. The zero-order valence-electron chi connectivity index (χ0n) is 15.4. The maximum atomic E-state index is 12.8. The molecule has 8 heteroatoms. The Morgan fingerprint density at radius 2 is 1.82 bits per heavy atom. The predicted octanol–water partition coefficient (Wildman–Crippen LogP) is 1.32. The molecule has 0 spiro atoms. The van der Waals surface area contributed by atoms with Crippen molar-refractivity contribution in [3.63, 3.8) is 0 Å². The molecule has 3 heterocycles. The zero-order chi connectivity index (χ0) is 20.0. The van der Waals surface area contributed by atoms with Crippen molar-refractivity contribution in [3.05, 3.63) is 57.4 Å². The van der Waals surface area contributed by atoms with Crippen LogP contribution >= 0.6 is 0 Å². The van der Waals surface area contributed by atoms with E-state index in [-0.39, 0.29) is 28.9 Å². The number of carbonyl (C=O) groups is 3. The van der Waals surface area contributed by atoms with Gasteiger partial charge in [-0.25, -0.2) is 0 Å². The summed E-state index contributed by atoms with van der Waals surface area (Å²) in [5.74, 6) is -1.41. The van der Waals surface area contributed by atoms with Gasteiger partial charge in [0.25, 0.3) is 23.3 Å². The molecule has 144 valence electrons. The summed E-state index contributed by atoms with van der Waals surface area (Å²) in [6, 6.07) is 7.81. The Labute approximate surface area is 160 Å². The Balaban J connectivity index is 1.70. The highest BCUT2D eigenvalue weighted by Crippen LogP contribution is 2.24. The van der Waals surface area contributed by atoms with Crippen LogP contribution in [0.5, 0.6) is 0 Å². The van der Waals surface area contributed by atoms with Crippen LogP contribution in [0.3, 0.4) is 0 Å².